The number of hydrogen-bond acceptors (Lipinski definition) is 2. The van der Waals surface area contributed by atoms with E-state index in [4.69, 9.17) is 0 Å². The minimum Gasteiger partial charge on any atom is -0.335 e. The molecule has 4 heteroatoms. The Morgan fingerprint density at radius 1 is 1.25 bits per heavy atom. The molecule has 0 aromatic rings. The Morgan fingerprint density at radius 3 is 2.44 bits per heavy atom. The number of carbonyl (C=O) groups is 1. The van der Waals surface area contributed by atoms with Crippen LogP contribution in [0, 0.1) is 0 Å². The van der Waals surface area contributed by atoms with Crippen molar-refractivity contribution in [1.29, 1.82) is 0 Å². The maximum atomic E-state index is 11.4. The topological polar surface area (TPSA) is 35.6 Å². The lowest BCUT2D eigenvalue weighted by atomic mass is 10.1. The molecule has 1 rings (SSSR count). The molecular weight excluding hydrogens is 202 g/mol. The zero-order valence-corrected chi connectivity index (χ0v) is 11.4. The summed E-state index contributed by atoms with van der Waals surface area (Å²) in [4.78, 5) is 15.3. The van der Waals surface area contributed by atoms with Crippen LogP contribution in [0.3, 0.4) is 0 Å². The van der Waals surface area contributed by atoms with Gasteiger partial charge < -0.3 is 15.1 Å². The lowest BCUT2D eigenvalue weighted by Gasteiger charge is -2.19. The summed E-state index contributed by atoms with van der Waals surface area (Å²) in [5, 5.41) is 3.04. The fourth-order valence-corrected chi connectivity index (χ4v) is 1.69. The van der Waals surface area contributed by atoms with Crippen molar-refractivity contribution in [1.82, 2.24) is 15.1 Å². The first kappa shape index (κ1) is 15.2. The molecule has 0 bridgehead atoms. The van der Waals surface area contributed by atoms with Crippen molar-refractivity contribution in [3.63, 3.8) is 0 Å². The molecule has 96 valence electrons. The van der Waals surface area contributed by atoms with Gasteiger partial charge in [0.2, 0.25) is 0 Å². The molecule has 1 fully saturated rings. The Morgan fingerprint density at radius 2 is 1.88 bits per heavy atom. The lowest BCUT2D eigenvalue weighted by molar-refractivity contribution is 0.211. The van der Waals surface area contributed by atoms with E-state index in [2.05, 4.69) is 17.3 Å². The molecule has 2 amide bonds. The molecule has 16 heavy (non-hydrogen) atoms. The van der Waals surface area contributed by atoms with E-state index in [9.17, 15) is 4.79 Å². The highest BCUT2D eigenvalue weighted by molar-refractivity contribution is 5.73. The van der Waals surface area contributed by atoms with E-state index >= 15 is 0 Å². The quantitative estimate of drug-likeness (QED) is 0.744. The fourth-order valence-electron chi connectivity index (χ4n) is 1.69. The van der Waals surface area contributed by atoms with E-state index in [0.29, 0.717) is 6.04 Å². The molecule has 1 heterocycles. The van der Waals surface area contributed by atoms with Crippen LogP contribution in [-0.2, 0) is 0 Å². The van der Waals surface area contributed by atoms with E-state index in [1.165, 1.54) is 6.42 Å². The summed E-state index contributed by atoms with van der Waals surface area (Å²) < 4.78 is 0. The van der Waals surface area contributed by atoms with E-state index in [-0.39, 0.29) is 6.03 Å². The van der Waals surface area contributed by atoms with E-state index < -0.39 is 0 Å². The van der Waals surface area contributed by atoms with Crippen LogP contribution >= 0.6 is 0 Å². The summed E-state index contributed by atoms with van der Waals surface area (Å²) in [6.07, 6.45) is 3.34. The maximum absolute atomic E-state index is 11.4. The molecule has 0 aliphatic carbocycles. The van der Waals surface area contributed by atoms with Crippen molar-refractivity contribution in [3.05, 3.63) is 0 Å². The molecule has 1 aliphatic heterocycles. The van der Waals surface area contributed by atoms with Gasteiger partial charge in [0.05, 0.1) is 0 Å². The summed E-state index contributed by atoms with van der Waals surface area (Å²) in [6, 6.07) is 0.384. The predicted octanol–water partition coefficient (Wildman–Crippen LogP) is 1.77. The summed E-state index contributed by atoms with van der Waals surface area (Å²) in [5.41, 5.74) is 0. The Labute approximate surface area is 100.0 Å². The molecule has 1 saturated heterocycles. The Hall–Kier alpha value is -0.770. The van der Waals surface area contributed by atoms with Crippen molar-refractivity contribution in [2.75, 3.05) is 34.2 Å². The lowest BCUT2D eigenvalue weighted by Crippen LogP contribution is -2.41. The number of rotatable bonds is 1. The van der Waals surface area contributed by atoms with Crippen molar-refractivity contribution >= 4 is 6.03 Å². The first-order chi connectivity index (χ1) is 7.59. The average molecular weight is 229 g/mol. The Bertz CT molecular complexity index is 195. The Balaban J connectivity index is 0.00000106. The number of nitrogens with one attached hydrogen (secondary N) is 1. The predicted molar refractivity (Wildman–Crippen MR) is 68.7 cm³/mol. The standard InChI is InChI=1S/C10H21N3O.C2H6/c1-12(2)10(14)11-9-5-4-7-13(3)8-6-9;1-2/h9H,4-8H2,1-3H3,(H,11,14);1-2H3. The van der Waals surface area contributed by atoms with Crippen LogP contribution in [0.1, 0.15) is 33.1 Å². The van der Waals surface area contributed by atoms with Crippen LogP contribution in [0.5, 0.6) is 0 Å². The summed E-state index contributed by atoms with van der Waals surface area (Å²) in [5.74, 6) is 0. The molecule has 1 unspecified atom stereocenters. The Kier molecular flexibility index (Phi) is 7.99. The molecule has 1 atom stereocenters. The minimum absolute atomic E-state index is 0.0274. The zero-order valence-electron chi connectivity index (χ0n) is 11.4. The van der Waals surface area contributed by atoms with Gasteiger partial charge in [0.15, 0.2) is 0 Å². The largest absolute Gasteiger partial charge is 0.335 e. The van der Waals surface area contributed by atoms with Crippen LogP contribution in [0.2, 0.25) is 0 Å². The minimum atomic E-state index is 0.0274. The molecule has 4 nitrogen and oxygen atoms in total. The first-order valence-electron chi connectivity index (χ1n) is 6.26. The van der Waals surface area contributed by atoms with E-state index in [1.807, 2.05) is 13.8 Å². The highest BCUT2D eigenvalue weighted by Crippen LogP contribution is 2.09. The monoisotopic (exact) mass is 229 g/mol. The first-order valence-corrected chi connectivity index (χ1v) is 6.26. The van der Waals surface area contributed by atoms with Crippen LogP contribution in [0.15, 0.2) is 0 Å². The third-order valence-electron chi connectivity index (χ3n) is 2.69. The summed E-state index contributed by atoms with van der Waals surface area (Å²) >= 11 is 0. The van der Waals surface area contributed by atoms with Crippen molar-refractivity contribution in [2.45, 2.75) is 39.2 Å². The molecule has 0 saturated carbocycles. The van der Waals surface area contributed by atoms with Crippen LogP contribution in [0.25, 0.3) is 0 Å². The van der Waals surface area contributed by atoms with Crippen molar-refractivity contribution in [2.24, 2.45) is 0 Å². The van der Waals surface area contributed by atoms with Gasteiger partial charge in [0, 0.05) is 20.1 Å². The summed E-state index contributed by atoms with van der Waals surface area (Å²) in [6.45, 7) is 6.23. The average Bonchev–Trinajstić information content (AvgIpc) is 2.46. The summed E-state index contributed by atoms with van der Waals surface area (Å²) in [7, 11) is 5.69. The number of nitrogens with zero attached hydrogens (tertiary/aromatic N) is 2. The molecule has 1 aliphatic rings. The zero-order chi connectivity index (χ0) is 12.6. The number of likely N-dealkylation sites (tertiary alicyclic amines) is 1. The molecule has 0 aromatic carbocycles. The maximum Gasteiger partial charge on any atom is 0.317 e. The fraction of sp³-hybridized carbons (Fsp3) is 0.917. The third kappa shape index (κ3) is 5.95. The van der Waals surface area contributed by atoms with Gasteiger partial charge in [0.1, 0.15) is 0 Å². The van der Waals surface area contributed by atoms with Gasteiger partial charge in [-0.2, -0.15) is 0 Å². The van der Waals surface area contributed by atoms with Gasteiger partial charge >= 0.3 is 6.03 Å². The number of amides is 2. The van der Waals surface area contributed by atoms with Crippen LogP contribution in [0.4, 0.5) is 4.79 Å². The van der Waals surface area contributed by atoms with Crippen molar-refractivity contribution < 1.29 is 4.79 Å². The van der Waals surface area contributed by atoms with Crippen molar-refractivity contribution in [3.8, 4) is 0 Å². The number of urea groups is 1. The smallest absolute Gasteiger partial charge is 0.317 e. The molecule has 1 N–H and O–H groups in total. The molecule has 0 aromatic heterocycles. The normalized spacial score (nSPS) is 21.4. The van der Waals surface area contributed by atoms with Crippen LogP contribution in [-0.4, -0.2) is 56.1 Å². The van der Waals surface area contributed by atoms with Gasteiger partial charge in [-0.3, -0.25) is 0 Å². The highest BCUT2D eigenvalue weighted by Gasteiger charge is 2.17. The van der Waals surface area contributed by atoms with E-state index in [0.717, 1.165) is 25.9 Å². The second-order valence-corrected chi connectivity index (χ2v) is 4.28. The van der Waals surface area contributed by atoms with E-state index in [1.54, 1.807) is 19.0 Å². The molecule has 0 spiro atoms. The third-order valence-corrected chi connectivity index (χ3v) is 2.69. The van der Waals surface area contributed by atoms with Gasteiger partial charge in [-0.1, -0.05) is 13.8 Å². The SMILES string of the molecule is CC.CN1CCCC(NC(=O)N(C)C)CC1. The number of carbonyl (C=O) groups excluding carboxylic acids is 1. The second kappa shape index (κ2) is 8.39. The second-order valence-electron chi connectivity index (χ2n) is 4.28. The van der Waals surface area contributed by atoms with Crippen LogP contribution < -0.4 is 5.32 Å². The van der Waals surface area contributed by atoms with Gasteiger partial charge in [-0.05, 0) is 39.4 Å². The highest BCUT2D eigenvalue weighted by atomic mass is 16.2. The number of hydrogen-bond donors (Lipinski definition) is 1. The van der Waals surface area contributed by atoms with Gasteiger partial charge in [-0.25, -0.2) is 4.79 Å². The van der Waals surface area contributed by atoms with Gasteiger partial charge in [0.25, 0.3) is 0 Å². The molecular formula is C12H27N3O. The van der Waals surface area contributed by atoms with Gasteiger partial charge in [-0.15, -0.1) is 0 Å². The molecule has 0 radical (unpaired) electrons.